The number of nitrogens with two attached hydrogens (primary N) is 1. The molecular weight excluding hydrogens is 198 g/mol. The monoisotopic (exact) mass is 213 g/mol. The highest BCUT2D eigenvalue weighted by Gasteiger charge is 2.41. The van der Waals surface area contributed by atoms with Crippen molar-refractivity contribution < 1.29 is 14.7 Å². The van der Waals surface area contributed by atoms with Crippen LogP contribution in [0.25, 0.3) is 0 Å². The summed E-state index contributed by atoms with van der Waals surface area (Å²) in [4.78, 5) is 24.4. The highest BCUT2D eigenvalue weighted by molar-refractivity contribution is 5.88. The fraction of sp³-hybridized carbons (Fsp3) is 0.778. The van der Waals surface area contributed by atoms with E-state index in [1.165, 1.54) is 4.90 Å². The summed E-state index contributed by atoms with van der Waals surface area (Å²) in [5.74, 6) is -0.668. The van der Waals surface area contributed by atoms with E-state index in [2.05, 4.69) is 5.32 Å². The van der Waals surface area contributed by atoms with E-state index in [4.69, 9.17) is 5.73 Å². The first kappa shape index (κ1) is 10.4. The quantitative estimate of drug-likeness (QED) is 0.478. The van der Waals surface area contributed by atoms with Gasteiger partial charge in [0.25, 0.3) is 0 Å². The fourth-order valence-corrected chi connectivity index (χ4v) is 2.02. The molecule has 6 heteroatoms. The zero-order valence-electron chi connectivity index (χ0n) is 8.35. The van der Waals surface area contributed by atoms with E-state index < -0.39 is 18.1 Å². The van der Waals surface area contributed by atoms with Gasteiger partial charge in [-0.15, -0.1) is 0 Å². The molecule has 0 radical (unpaired) electrons. The van der Waals surface area contributed by atoms with Crippen molar-refractivity contribution in [3.8, 4) is 0 Å². The van der Waals surface area contributed by atoms with Gasteiger partial charge in [-0.2, -0.15) is 0 Å². The Morgan fingerprint density at radius 2 is 2.07 bits per heavy atom. The molecule has 2 amide bonds. The van der Waals surface area contributed by atoms with Crippen LogP contribution in [0, 0.1) is 5.92 Å². The van der Waals surface area contributed by atoms with Gasteiger partial charge < -0.3 is 21.1 Å². The van der Waals surface area contributed by atoms with Crippen LogP contribution in [0.3, 0.4) is 0 Å². The number of primary amides is 1. The predicted octanol–water partition coefficient (Wildman–Crippen LogP) is -2.35. The first-order valence-electron chi connectivity index (χ1n) is 5.08. The Kier molecular flexibility index (Phi) is 2.62. The molecule has 0 spiro atoms. The summed E-state index contributed by atoms with van der Waals surface area (Å²) in [7, 11) is 0. The van der Waals surface area contributed by atoms with Crippen LogP contribution in [-0.4, -0.2) is 53.6 Å². The van der Waals surface area contributed by atoms with Gasteiger partial charge in [0.2, 0.25) is 11.8 Å². The van der Waals surface area contributed by atoms with Crippen LogP contribution in [0.2, 0.25) is 0 Å². The molecule has 6 nitrogen and oxygen atoms in total. The van der Waals surface area contributed by atoms with E-state index in [0.29, 0.717) is 13.1 Å². The summed E-state index contributed by atoms with van der Waals surface area (Å²) in [6.07, 6.45) is -0.360. The van der Waals surface area contributed by atoms with Crippen molar-refractivity contribution in [2.45, 2.75) is 18.6 Å². The standard InChI is InChI=1S/C9H15N3O3/c10-8(14)7-1-6(13)4-12(7)9(15)5-2-11-3-5/h5-7,11,13H,1-4H2,(H2,10,14). The molecule has 0 aromatic rings. The second-order valence-corrected chi connectivity index (χ2v) is 4.15. The molecule has 0 bridgehead atoms. The molecule has 2 aliphatic rings. The predicted molar refractivity (Wildman–Crippen MR) is 51.7 cm³/mol. The maximum atomic E-state index is 11.9. The van der Waals surface area contributed by atoms with Gasteiger partial charge in [-0.05, 0) is 0 Å². The molecular formula is C9H15N3O3. The summed E-state index contributed by atoms with van der Waals surface area (Å²) in [5.41, 5.74) is 5.19. The number of rotatable bonds is 2. The SMILES string of the molecule is NC(=O)C1CC(O)CN1C(=O)C1CNC1. The molecule has 2 atom stereocenters. The number of carbonyl (C=O) groups is 2. The van der Waals surface area contributed by atoms with Crippen LogP contribution in [0.4, 0.5) is 0 Å². The van der Waals surface area contributed by atoms with Crippen molar-refractivity contribution in [2.24, 2.45) is 11.7 Å². The number of hydrogen-bond donors (Lipinski definition) is 3. The van der Waals surface area contributed by atoms with Crippen molar-refractivity contribution in [3.05, 3.63) is 0 Å². The van der Waals surface area contributed by atoms with E-state index in [1.807, 2.05) is 0 Å². The van der Waals surface area contributed by atoms with Crippen LogP contribution in [0.5, 0.6) is 0 Å². The van der Waals surface area contributed by atoms with E-state index >= 15 is 0 Å². The van der Waals surface area contributed by atoms with Crippen molar-refractivity contribution in [2.75, 3.05) is 19.6 Å². The molecule has 2 fully saturated rings. The number of nitrogens with one attached hydrogen (secondary N) is 1. The van der Waals surface area contributed by atoms with Crippen molar-refractivity contribution in [3.63, 3.8) is 0 Å². The third-order valence-corrected chi connectivity index (χ3v) is 3.02. The highest BCUT2D eigenvalue weighted by Crippen LogP contribution is 2.21. The molecule has 0 aromatic carbocycles. The lowest BCUT2D eigenvalue weighted by atomic mass is 10.0. The van der Waals surface area contributed by atoms with Gasteiger partial charge >= 0.3 is 0 Å². The summed E-state index contributed by atoms with van der Waals surface area (Å²) in [6.45, 7) is 1.52. The molecule has 0 aliphatic carbocycles. The van der Waals surface area contributed by atoms with Crippen molar-refractivity contribution >= 4 is 11.8 Å². The maximum absolute atomic E-state index is 11.9. The molecule has 84 valence electrons. The van der Waals surface area contributed by atoms with Crippen LogP contribution in [0.15, 0.2) is 0 Å². The van der Waals surface area contributed by atoms with Gasteiger partial charge in [0, 0.05) is 26.1 Å². The number of β-amino-alcohol motifs (C(OH)–C–C–N with tert-alkyl or cyclic N) is 1. The summed E-state index contributed by atoms with van der Waals surface area (Å²) >= 11 is 0. The van der Waals surface area contributed by atoms with Gasteiger partial charge in [0.15, 0.2) is 0 Å². The maximum Gasteiger partial charge on any atom is 0.240 e. The van der Waals surface area contributed by atoms with Crippen molar-refractivity contribution in [1.29, 1.82) is 0 Å². The van der Waals surface area contributed by atoms with Gasteiger partial charge in [-0.3, -0.25) is 9.59 Å². The number of nitrogens with zero attached hydrogens (tertiary/aromatic N) is 1. The Bertz CT molecular complexity index is 290. The van der Waals surface area contributed by atoms with E-state index in [1.54, 1.807) is 0 Å². The third-order valence-electron chi connectivity index (χ3n) is 3.02. The number of likely N-dealkylation sites (tertiary alicyclic amines) is 1. The van der Waals surface area contributed by atoms with Gasteiger partial charge in [0.05, 0.1) is 12.0 Å². The molecule has 2 heterocycles. The summed E-state index contributed by atoms with van der Waals surface area (Å²) < 4.78 is 0. The van der Waals surface area contributed by atoms with Gasteiger partial charge in [-0.1, -0.05) is 0 Å². The van der Waals surface area contributed by atoms with E-state index in [0.717, 1.165) is 0 Å². The van der Waals surface area contributed by atoms with Crippen molar-refractivity contribution in [1.82, 2.24) is 10.2 Å². The normalized spacial score (nSPS) is 31.4. The zero-order valence-corrected chi connectivity index (χ0v) is 8.35. The van der Waals surface area contributed by atoms with Gasteiger partial charge in [-0.25, -0.2) is 0 Å². The molecule has 2 saturated heterocycles. The number of aliphatic hydroxyl groups excluding tert-OH is 1. The number of aliphatic hydroxyl groups is 1. The zero-order chi connectivity index (χ0) is 11.0. The summed E-state index contributed by atoms with van der Waals surface area (Å²) in [6, 6.07) is -0.631. The van der Waals surface area contributed by atoms with Crippen LogP contribution in [0.1, 0.15) is 6.42 Å². The van der Waals surface area contributed by atoms with Crippen LogP contribution >= 0.6 is 0 Å². The minimum absolute atomic E-state index is 0.0582. The Morgan fingerprint density at radius 1 is 1.40 bits per heavy atom. The van der Waals surface area contributed by atoms with E-state index in [-0.39, 0.29) is 24.8 Å². The number of carbonyl (C=O) groups excluding carboxylic acids is 2. The minimum atomic E-state index is -0.631. The second-order valence-electron chi connectivity index (χ2n) is 4.15. The molecule has 4 N–H and O–H groups in total. The van der Waals surface area contributed by atoms with E-state index in [9.17, 15) is 14.7 Å². The molecule has 0 aromatic heterocycles. The van der Waals surface area contributed by atoms with Crippen LogP contribution in [-0.2, 0) is 9.59 Å². The summed E-state index contributed by atoms with van der Waals surface area (Å²) in [5, 5.41) is 12.4. The number of hydrogen-bond acceptors (Lipinski definition) is 4. The third kappa shape index (κ3) is 1.82. The smallest absolute Gasteiger partial charge is 0.240 e. The molecule has 15 heavy (non-hydrogen) atoms. The molecule has 2 rings (SSSR count). The molecule has 2 unspecified atom stereocenters. The Morgan fingerprint density at radius 3 is 2.53 bits per heavy atom. The Labute approximate surface area is 87.4 Å². The average molecular weight is 213 g/mol. The lowest BCUT2D eigenvalue weighted by Gasteiger charge is -2.32. The minimum Gasteiger partial charge on any atom is -0.391 e. The molecule has 0 saturated carbocycles. The number of amides is 2. The second kappa shape index (κ2) is 3.79. The largest absolute Gasteiger partial charge is 0.391 e. The van der Waals surface area contributed by atoms with Crippen LogP contribution < -0.4 is 11.1 Å². The lowest BCUT2D eigenvalue weighted by Crippen LogP contribution is -2.55. The lowest BCUT2D eigenvalue weighted by molar-refractivity contribution is -0.142. The molecule has 2 aliphatic heterocycles. The first-order chi connectivity index (χ1) is 7.09. The highest BCUT2D eigenvalue weighted by atomic mass is 16.3. The Hall–Kier alpha value is -1.14. The topological polar surface area (TPSA) is 95.7 Å². The first-order valence-corrected chi connectivity index (χ1v) is 5.08. The fourth-order valence-electron chi connectivity index (χ4n) is 2.02. The van der Waals surface area contributed by atoms with Gasteiger partial charge in [0.1, 0.15) is 6.04 Å². The average Bonchev–Trinajstić information content (AvgIpc) is 2.44. The Balaban J connectivity index is 2.05.